The number of halogens is 2. The smallest absolute Gasteiger partial charge is 0.271 e. The molecule has 0 atom stereocenters. The van der Waals surface area contributed by atoms with Gasteiger partial charge in [0.15, 0.2) is 0 Å². The average molecular weight is 341 g/mol. The number of nitrogens with one attached hydrogen (secondary N) is 1. The minimum absolute atomic E-state index is 0. The lowest BCUT2D eigenvalue weighted by atomic mass is 10.3. The van der Waals surface area contributed by atoms with Crippen LogP contribution >= 0.6 is 47.5 Å². The highest BCUT2D eigenvalue weighted by molar-refractivity contribution is 7.10. The van der Waals surface area contributed by atoms with E-state index in [4.69, 9.17) is 5.73 Å². The Morgan fingerprint density at radius 3 is 2.68 bits per heavy atom. The molecule has 2 heterocycles. The predicted octanol–water partition coefficient (Wildman–Crippen LogP) is 2.14. The van der Waals surface area contributed by atoms with Crippen LogP contribution in [0.2, 0.25) is 0 Å². The molecule has 2 aromatic rings. The number of nitrogens with zero attached hydrogens (tertiary/aromatic N) is 2. The van der Waals surface area contributed by atoms with Gasteiger partial charge in [-0.1, -0.05) is 0 Å². The predicted molar refractivity (Wildman–Crippen MR) is 82.5 cm³/mol. The van der Waals surface area contributed by atoms with Crippen LogP contribution < -0.4 is 11.1 Å². The monoisotopic (exact) mass is 340 g/mol. The van der Waals surface area contributed by atoms with E-state index in [-0.39, 0.29) is 30.7 Å². The highest BCUT2D eigenvalue weighted by Crippen LogP contribution is 2.12. The van der Waals surface area contributed by atoms with Crippen LogP contribution in [-0.4, -0.2) is 15.9 Å². The molecule has 2 aromatic heterocycles. The molecule has 0 saturated carbocycles. The number of rotatable bonds is 4. The van der Waals surface area contributed by atoms with Crippen molar-refractivity contribution in [3.05, 3.63) is 32.2 Å². The van der Waals surface area contributed by atoms with Crippen LogP contribution in [0.3, 0.4) is 0 Å². The number of carbonyl (C=O) groups excluding carboxylic acids is 1. The lowest BCUT2D eigenvalue weighted by Crippen LogP contribution is -2.23. The lowest BCUT2D eigenvalue weighted by Gasteiger charge is -2.01. The zero-order valence-corrected chi connectivity index (χ0v) is 13.3. The first-order valence-electron chi connectivity index (χ1n) is 5.02. The van der Waals surface area contributed by atoms with Crippen molar-refractivity contribution < 1.29 is 4.79 Å². The molecular weight excluding hydrogens is 327 g/mol. The van der Waals surface area contributed by atoms with Crippen molar-refractivity contribution in [2.45, 2.75) is 20.0 Å². The van der Waals surface area contributed by atoms with E-state index in [0.29, 0.717) is 18.8 Å². The highest BCUT2D eigenvalue weighted by atomic mass is 35.5. The van der Waals surface area contributed by atoms with Crippen LogP contribution in [0.1, 0.15) is 26.1 Å². The Bertz CT molecular complexity index is 529. The van der Waals surface area contributed by atoms with Gasteiger partial charge in [0.1, 0.15) is 10.7 Å². The number of aromatic nitrogens is 2. The molecule has 0 unspecified atom stereocenters. The van der Waals surface area contributed by atoms with Gasteiger partial charge in [-0.2, -0.15) is 0 Å². The lowest BCUT2D eigenvalue weighted by molar-refractivity contribution is 0.0947. The number of nitrogens with two attached hydrogens (primary N) is 1. The van der Waals surface area contributed by atoms with E-state index in [1.54, 1.807) is 10.9 Å². The van der Waals surface area contributed by atoms with Crippen LogP contribution in [0.5, 0.6) is 0 Å². The van der Waals surface area contributed by atoms with Crippen molar-refractivity contribution in [3.63, 3.8) is 0 Å². The van der Waals surface area contributed by atoms with Crippen LogP contribution in [0.4, 0.5) is 0 Å². The molecule has 0 aromatic carbocycles. The summed E-state index contributed by atoms with van der Waals surface area (Å²) < 4.78 is 0. The van der Waals surface area contributed by atoms with Gasteiger partial charge in [-0.05, 0) is 6.92 Å². The first kappa shape index (κ1) is 18.3. The van der Waals surface area contributed by atoms with Crippen molar-refractivity contribution in [3.8, 4) is 0 Å². The summed E-state index contributed by atoms with van der Waals surface area (Å²) in [6.45, 7) is 2.78. The number of hydrogen-bond acceptors (Lipinski definition) is 6. The third-order valence-electron chi connectivity index (χ3n) is 2.21. The zero-order valence-electron chi connectivity index (χ0n) is 10.1. The summed E-state index contributed by atoms with van der Waals surface area (Å²) in [5.74, 6) is -0.172. The summed E-state index contributed by atoms with van der Waals surface area (Å²) >= 11 is 2.93. The molecule has 0 radical (unpaired) electrons. The molecule has 0 fully saturated rings. The SMILES string of the molecule is Cc1ncsc1CNC(=O)c1csc(CN)n1.Cl.Cl. The van der Waals surface area contributed by atoms with E-state index in [2.05, 4.69) is 15.3 Å². The molecule has 0 spiro atoms. The number of hydrogen-bond donors (Lipinski definition) is 2. The van der Waals surface area contributed by atoms with Gasteiger partial charge in [0.25, 0.3) is 5.91 Å². The molecule has 3 N–H and O–H groups in total. The van der Waals surface area contributed by atoms with E-state index in [0.717, 1.165) is 15.6 Å². The Morgan fingerprint density at radius 1 is 1.42 bits per heavy atom. The summed E-state index contributed by atoms with van der Waals surface area (Å²) in [4.78, 5) is 21.1. The summed E-state index contributed by atoms with van der Waals surface area (Å²) in [6.07, 6.45) is 0. The van der Waals surface area contributed by atoms with Crippen LogP contribution in [0.15, 0.2) is 10.9 Å². The van der Waals surface area contributed by atoms with Crippen molar-refractivity contribution in [1.29, 1.82) is 0 Å². The Labute approximate surface area is 131 Å². The van der Waals surface area contributed by atoms with Crippen LogP contribution in [-0.2, 0) is 13.1 Å². The molecule has 0 bridgehead atoms. The van der Waals surface area contributed by atoms with Gasteiger partial charge in [-0.15, -0.1) is 47.5 Å². The van der Waals surface area contributed by atoms with Crippen molar-refractivity contribution in [1.82, 2.24) is 15.3 Å². The summed E-state index contributed by atoms with van der Waals surface area (Å²) in [6, 6.07) is 0. The summed E-state index contributed by atoms with van der Waals surface area (Å²) in [5.41, 5.74) is 8.60. The number of carbonyl (C=O) groups is 1. The topological polar surface area (TPSA) is 80.9 Å². The van der Waals surface area contributed by atoms with E-state index >= 15 is 0 Å². The van der Waals surface area contributed by atoms with Crippen LogP contribution in [0.25, 0.3) is 0 Å². The Morgan fingerprint density at radius 2 is 2.16 bits per heavy atom. The van der Waals surface area contributed by atoms with Gasteiger partial charge in [-0.3, -0.25) is 4.79 Å². The van der Waals surface area contributed by atoms with Crippen molar-refractivity contribution in [2.24, 2.45) is 5.73 Å². The summed E-state index contributed by atoms with van der Waals surface area (Å²) in [7, 11) is 0. The van der Waals surface area contributed by atoms with E-state index in [9.17, 15) is 4.79 Å². The fourth-order valence-electron chi connectivity index (χ4n) is 1.26. The van der Waals surface area contributed by atoms with E-state index < -0.39 is 0 Å². The molecule has 106 valence electrons. The second-order valence-electron chi connectivity index (χ2n) is 3.37. The second kappa shape index (κ2) is 8.44. The van der Waals surface area contributed by atoms with Gasteiger partial charge in [-0.25, -0.2) is 9.97 Å². The van der Waals surface area contributed by atoms with Gasteiger partial charge in [0.05, 0.1) is 17.7 Å². The molecule has 0 saturated heterocycles. The highest BCUT2D eigenvalue weighted by Gasteiger charge is 2.10. The maximum absolute atomic E-state index is 11.8. The third kappa shape index (κ3) is 4.70. The molecule has 2 rings (SSSR count). The Hall–Kier alpha value is -0.730. The van der Waals surface area contributed by atoms with E-state index in [1.165, 1.54) is 22.7 Å². The number of thiazole rings is 2. The van der Waals surface area contributed by atoms with Crippen molar-refractivity contribution >= 4 is 53.4 Å². The molecule has 0 aliphatic rings. The minimum Gasteiger partial charge on any atom is -0.346 e. The van der Waals surface area contributed by atoms with Crippen molar-refractivity contribution in [2.75, 3.05) is 0 Å². The largest absolute Gasteiger partial charge is 0.346 e. The van der Waals surface area contributed by atoms with Gasteiger partial charge < -0.3 is 11.1 Å². The van der Waals surface area contributed by atoms with E-state index in [1.807, 2.05) is 6.92 Å². The van der Waals surface area contributed by atoms with Gasteiger partial charge in [0, 0.05) is 16.8 Å². The molecule has 5 nitrogen and oxygen atoms in total. The molecule has 1 amide bonds. The Kier molecular flexibility index (Phi) is 8.12. The molecule has 9 heteroatoms. The maximum atomic E-state index is 11.8. The fraction of sp³-hybridized carbons (Fsp3) is 0.300. The third-order valence-corrected chi connectivity index (χ3v) is 4.02. The molecule has 0 aliphatic carbocycles. The van der Waals surface area contributed by atoms with Crippen LogP contribution in [0, 0.1) is 6.92 Å². The first-order valence-corrected chi connectivity index (χ1v) is 6.78. The molecule has 0 aliphatic heterocycles. The zero-order chi connectivity index (χ0) is 12.3. The Balaban J connectivity index is 0.00000162. The molecular formula is C10H14Cl2N4OS2. The minimum atomic E-state index is -0.172. The quantitative estimate of drug-likeness (QED) is 0.893. The molecule has 19 heavy (non-hydrogen) atoms. The van der Waals surface area contributed by atoms with Gasteiger partial charge in [0.2, 0.25) is 0 Å². The first-order chi connectivity index (χ1) is 8.20. The standard InChI is InChI=1S/C10H12N4OS2.2ClH/c1-6-8(17-5-13-6)3-12-10(15)7-4-16-9(2-11)14-7;;/h4-5H,2-3,11H2,1H3,(H,12,15);2*1H. The normalized spacial score (nSPS) is 9.37. The maximum Gasteiger partial charge on any atom is 0.271 e. The summed E-state index contributed by atoms with van der Waals surface area (Å²) in [5, 5.41) is 5.30. The average Bonchev–Trinajstić information content (AvgIpc) is 2.94. The van der Waals surface area contributed by atoms with Gasteiger partial charge >= 0.3 is 0 Å². The number of amides is 1. The fourth-order valence-corrected chi connectivity index (χ4v) is 2.63. The second-order valence-corrected chi connectivity index (χ2v) is 5.26. The number of aryl methyl sites for hydroxylation is 1.